The molecule has 0 spiro atoms. The number of likely N-dealkylation sites (tertiary alicyclic amines) is 1. The molecule has 1 aliphatic carbocycles. The van der Waals surface area contributed by atoms with Gasteiger partial charge in [-0.05, 0) is 29.5 Å². The summed E-state index contributed by atoms with van der Waals surface area (Å²) in [4.78, 5) is 2.54. The summed E-state index contributed by atoms with van der Waals surface area (Å²) in [6.45, 7) is 3.19. The van der Waals surface area contributed by atoms with Gasteiger partial charge >= 0.3 is 0 Å². The number of fused-ring (bicyclic) bond motifs is 5. The Bertz CT molecular complexity index is 623. The van der Waals surface area contributed by atoms with E-state index in [2.05, 4.69) is 41.3 Å². The standard InChI is InChI=1S/C18H19NO/c20-17-8-4-7-16-14-9-15(18(16)17)12-19(11-14)10-13-5-2-1-3-6-13/h1-8,14-15,20H,9-12H2. The van der Waals surface area contributed by atoms with Crippen molar-refractivity contribution < 1.29 is 5.11 Å². The maximum absolute atomic E-state index is 10.1. The first kappa shape index (κ1) is 12.0. The molecule has 1 aliphatic heterocycles. The van der Waals surface area contributed by atoms with E-state index in [4.69, 9.17) is 0 Å². The van der Waals surface area contributed by atoms with E-state index < -0.39 is 0 Å². The van der Waals surface area contributed by atoms with Crippen molar-refractivity contribution in [2.75, 3.05) is 13.1 Å². The van der Waals surface area contributed by atoms with Gasteiger partial charge in [0.2, 0.25) is 0 Å². The maximum Gasteiger partial charge on any atom is 0.119 e. The van der Waals surface area contributed by atoms with E-state index in [1.165, 1.54) is 23.1 Å². The molecule has 0 amide bonds. The van der Waals surface area contributed by atoms with Crippen LogP contribution < -0.4 is 0 Å². The number of nitrogens with zero attached hydrogens (tertiary/aromatic N) is 1. The third kappa shape index (κ3) is 1.92. The lowest BCUT2D eigenvalue weighted by Gasteiger charge is -2.32. The van der Waals surface area contributed by atoms with Gasteiger partial charge in [0, 0.05) is 31.1 Å². The summed E-state index contributed by atoms with van der Waals surface area (Å²) in [5, 5.41) is 10.1. The molecule has 20 heavy (non-hydrogen) atoms. The van der Waals surface area contributed by atoms with Crippen LogP contribution in [0.5, 0.6) is 5.75 Å². The molecule has 2 aromatic rings. The van der Waals surface area contributed by atoms with Gasteiger partial charge < -0.3 is 5.11 Å². The van der Waals surface area contributed by atoms with Crippen molar-refractivity contribution in [3.8, 4) is 5.75 Å². The quantitative estimate of drug-likeness (QED) is 0.898. The van der Waals surface area contributed by atoms with Crippen molar-refractivity contribution >= 4 is 0 Å². The first-order valence-corrected chi connectivity index (χ1v) is 7.39. The summed E-state index contributed by atoms with van der Waals surface area (Å²) >= 11 is 0. The third-order valence-electron chi connectivity index (χ3n) is 4.74. The largest absolute Gasteiger partial charge is 0.508 e. The van der Waals surface area contributed by atoms with E-state index in [1.54, 1.807) is 0 Å². The van der Waals surface area contributed by atoms with Crippen molar-refractivity contribution in [2.45, 2.75) is 24.8 Å². The first-order chi connectivity index (χ1) is 9.81. The molecule has 1 heterocycles. The van der Waals surface area contributed by atoms with Crippen LogP contribution in [0.1, 0.15) is 34.9 Å². The molecular weight excluding hydrogens is 246 g/mol. The van der Waals surface area contributed by atoms with E-state index in [1.807, 2.05) is 12.1 Å². The van der Waals surface area contributed by atoms with Crippen LogP contribution in [0.3, 0.4) is 0 Å². The fraction of sp³-hybridized carbons (Fsp3) is 0.333. The first-order valence-electron chi connectivity index (χ1n) is 7.39. The highest BCUT2D eigenvalue weighted by Gasteiger charge is 2.38. The van der Waals surface area contributed by atoms with Gasteiger partial charge in [-0.3, -0.25) is 4.90 Å². The van der Waals surface area contributed by atoms with E-state index >= 15 is 0 Å². The molecule has 1 fully saturated rings. The molecule has 0 saturated carbocycles. The minimum Gasteiger partial charge on any atom is -0.508 e. The zero-order valence-electron chi connectivity index (χ0n) is 11.5. The molecule has 1 saturated heterocycles. The fourth-order valence-electron chi connectivity index (χ4n) is 3.97. The molecule has 4 rings (SSSR count). The van der Waals surface area contributed by atoms with Crippen molar-refractivity contribution in [1.29, 1.82) is 0 Å². The number of benzene rings is 2. The second kappa shape index (κ2) is 4.64. The fourth-order valence-corrected chi connectivity index (χ4v) is 3.97. The van der Waals surface area contributed by atoms with Crippen LogP contribution in [0.15, 0.2) is 48.5 Å². The summed E-state index contributed by atoms with van der Waals surface area (Å²) in [5.41, 5.74) is 3.97. The van der Waals surface area contributed by atoms with Crippen molar-refractivity contribution in [1.82, 2.24) is 4.90 Å². The molecular formula is C18H19NO. The topological polar surface area (TPSA) is 23.5 Å². The normalized spacial score (nSPS) is 24.6. The molecule has 2 bridgehead atoms. The molecule has 102 valence electrons. The smallest absolute Gasteiger partial charge is 0.119 e. The summed E-state index contributed by atoms with van der Waals surface area (Å²) in [6, 6.07) is 16.7. The Labute approximate surface area is 119 Å². The number of hydrogen-bond acceptors (Lipinski definition) is 2. The lowest BCUT2D eigenvalue weighted by atomic mass is 9.95. The Morgan fingerprint density at radius 3 is 2.60 bits per heavy atom. The van der Waals surface area contributed by atoms with Gasteiger partial charge in [0.15, 0.2) is 0 Å². The zero-order chi connectivity index (χ0) is 13.5. The second-order valence-electron chi connectivity index (χ2n) is 6.09. The molecule has 2 atom stereocenters. The zero-order valence-corrected chi connectivity index (χ0v) is 11.5. The highest BCUT2D eigenvalue weighted by Crippen LogP contribution is 2.49. The van der Waals surface area contributed by atoms with Crippen LogP contribution in [0, 0.1) is 0 Å². The highest BCUT2D eigenvalue weighted by atomic mass is 16.3. The molecule has 2 nitrogen and oxygen atoms in total. The molecule has 0 radical (unpaired) electrons. The average molecular weight is 265 g/mol. The number of phenols is 1. The average Bonchev–Trinajstić information content (AvgIpc) is 2.73. The summed E-state index contributed by atoms with van der Waals surface area (Å²) in [5.74, 6) is 1.60. The monoisotopic (exact) mass is 265 g/mol. The van der Waals surface area contributed by atoms with Crippen LogP contribution in [0.25, 0.3) is 0 Å². The molecule has 2 heteroatoms. The van der Waals surface area contributed by atoms with E-state index in [-0.39, 0.29) is 0 Å². The predicted molar refractivity (Wildman–Crippen MR) is 79.9 cm³/mol. The van der Waals surface area contributed by atoms with Crippen molar-refractivity contribution in [3.05, 3.63) is 65.2 Å². The Morgan fingerprint density at radius 1 is 0.950 bits per heavy atom. The summed E-state index contributed by atoms with van der Waals surface area (Å²) in [7, 11) is 0. The number of piperidine rings is 1. The van der Waals surface area contributed by atoms with Gasteiger partial charge in [-0.25, -0.2) is 0 Å². The van der Waals surface area contributed by atoms with Crippen LogP contribution in [0.4, 0.5) is 0 Å². The van der Waals surface area contributed by atoms with Crippen molar-refractivity contribution in [3.63, 3.8) is 0 Å². The lowest BCUT2D eigenvalue weighted by Crippen LogP contribution is -2.34. The summed E-state index contributed by atoms with van der Waals surface area (Å²) < 4.78 is 0. The molecule has 2 aromatic carbocycles. The van der Waals surface area contributed by atoms with Crippen LogP contribution >= 0.6 is 0 Å². The SMILES string of the molecule is Oc1cccc2c1C1CC2CN(Cc2ccccc2)C1. The third-order valence-corrected chi connectivity index (χ3v) is 4.74. The van der Waals surface area contributed by atoms with Crippen LogP contribution in [0.2, 0.25) is 0 Å². The van der Waals surface area contributed by atoms with Crippen LogP contribution in [-0.2, 0) is 6.54 Å². The lowest BCUT2D eigenvalue weighted by molar-refractivity contribution is 0.195. The molecule has 1 N–H and O–H groups in total. The number of phenolic OH excluding ortho intramolecular Hbond substituents is 1. The summed E-state index contributed by atoms with van der Waals surface area (Å²) in [6.07, 6.45) is 1.21. The molecule has 0 aromatic heterocycles. The maximum atomic E-state index is 10.1. The van der Waals surface area contributed by atoms with Gasteiger partial charge in [0.25, 0.3) is 0 Å². The number of hydrogen-bond donors (Lipinski definition) is 1. The van der Waals surface area contributed by atoms with Gasteiger partial charge in [0.05, 0.1) is 0 Å². The van der Waals surface area contributed by atoms with Gasteiger partial charge in [-0.1, -0.05) is 42.5 Å². The predicted octanol–water partition coefficient (Wildman–Crippen LogP) is 3.48. The molecule has 2 unspecified atom stereocenters. The van der Waals surface area contributed by atoms with E-state index in [0.29, 0.717) is 17.6 Å². The minimum absolute atomic E-state index is 0.497. The Balaban J connectivity index is 1.58. The number of aromatic hydroxyl groups is 1. The molecule has 2 aliphatic rings. The second-order valence-corrected chi connectivity index (χ2v) is 6.09. The van der Waals surface area contributed by atoms with Gasteiger partial charge in [-0.2, -0.15) is 0 Å². The Hall–Kier alpha value is -1.80. The van der Waals surface area contributed by atoms with E-state index in [0.717, 1.165) is 19.6 Å². The van der Waals surface area contributed by atoms with Gasteiger partial charge in [-0.15, -0.1) is 0 Å². The Kier molecular flexibility index (Phi) is 2.78. The van der Waals surface area contributed by atoms with E-state index in [9.17, 15) is 5.11 Å². The highest BCUT2D eigenvalue weighted by molar-refractivity contribution is 5.48. The number of rotatable bonds is 2. The van der Waals surface area contributed by atoms with Crippen LogP contribution in [-0.4, -0.2) is 23.1 Å². The van der Waals surface area contributed by atoms with Gasteiger partial charge in [0.1, 0.15) is 5.75 Å². The minimum atomic E-state index is 0.497. The Morgan fingerprint density at radius 2 is 1.75 bits per heavy atom. The van der Waals surface area contributed by atoms with Crippen molar-refractivity contribution in [2.24, 2.45) is 0 Å².